The molecule has 1 aromatic heterocycles. The lowest BCUT2D eigenvalue weighted by Gasteiger charge is -2.18. The van der Waals surface area contributed by atoms with Gasteiger partial charge < -0.3 is 14.6 Å². The molecule has 3 nitrogen and oxygen atoms in total. The van der Waals surface area contributed by atoms with E-state index in [1.54, 1.807) is 6.26 Å². The van der Waals surface area contributed by atoms with Gasteiger partial charge in [0, 0.05) is 26.2 Å². The van der Waals surface area contributed by atoms with Crippen molar-refractivity contribution in [3.05, 3.63) is 24.2 Å². The van der Waals surface area contributed by atoms with Crippen LogP contribution in [0.15, 0.2) is 22.8 Å². The van der Waals surface area contributed by atoms with E-state index < -0.39 is 0 Å². The summed E-state index contributed by atoms with van der Waals surface area (Å²) in [7, 11) is 0. The van der Waals surface area contributed by atoms with Crippen LogP contribution in [0.4, 0.5) is 0 Å². The Labute approximate surface area is 110 Å². The van der Waals surface area contributed by atoms with Gasteiger partial charge in [-0.05, 0) is 43.7 Å². The summed E-state index contributed by atoms with van der Waals surface area (Å²) in [4.78, 5) is 2.64. The Bertz CT molecular complexity index is 351. The highest BCUT2D eigenvalue weighted by Crippen LogP contribution is 2.37. The van der Waals surface area contributed by atoms with Gasteiger partial charge in [-0.1, -0.05) is 6.42 Å². The van der Waals surface area contributed by atoms with Gasteiger partial charge in [-0.2, -0.15) is 0 Å². The van der Waals surface area contributed by atoms with E-state index >= 15 is 0 Å². The van der Waals surface area contributed by atoms with Crippen LogP contribution in [0.1, 0.15) is 38.0 Å². The zero-order valence-electron chi connectivity index (χ0n) is 11.3. The summed E-state index contributed by atoms with van der Waals surface area (Å²) >= 11 is 0. The van der Waals surface area contributed by atoms with Gasteiger partial charge in [-0.15, -0.1) is 0 Å². The number of nitrogens with zero attached hydrogens (tertiary/aromatic N) is 1. The number of fused-ring (bicyclic) bond motifs is 1. The van der Waals surface area contributed by atoms with Crippen molar-refractivity contribution in [3.8, 4) is 0 Å². The van der Waals surface area contributed by atoms with Crippen molar-refractivity contribution < 1.29 is 4.42 Å². The molecule has 0 radical (unpaired) electrons. The first-order chi connectivity index (χ1) is 8.83. The largest absolute Gasteiger partial charge is 0.468 e. The number of hydrogen-bond acceptors (Lipinski definition) is 3. The summed E-state index contributed by atoms with van der Waals surface area (Å²) in [6.07, 6.45) is 6.15. The Morgan fingerprint density at radius 2 is 2.17 bits per heavy atom. The lowest BCUT2D eigenvalue weighted by molar-refractivity contribution is 0.300. The number of likely N-dealkylation sites (tertiary alicyclic amines) is 1. The molecule has 0 spiro atoms. The lowest BCUT2D eigenvalue weighted by atomic mass is 10.0. The van der Waals surface area contributed by atoms with Gasteiger partial charge in [0.2, 0.25) is 0 Å². The normalized spacial score (nSPS) is 29.6. The second-order valence-electron chi connectivity index (χ2n) is 5.90. The lowest BCUT2D eigenvalue weighted by Crippen LogP contribution is -2.32. The van der Waals surface area contributed by atoms with Crippen LogP contribution in [0.2, 0.25) is 0 Å². The minimum absolute atomic E-state index is 0.321. The summed E-state index contributed by atoms with van der Waals surface area (Å²) in [5.41, 5.74) is 0. The number of nitrogens with one attached hydrogen (secondary N) is 1. The molecule has 1 saturated heterocycles. The summed E-state index contributed by atoms with van der Waals surface area (Å²) in [6, 6.07) is 4.31. The van der Waals surface area contributed by atoms with Crippen LogP contribution in [0.5, 0.6) is 0 Å². The van der Waals surface area contributed by atoms with Gasteiger partial charge >= 0.3 is 0 Å². The minimum atomic E-state index is 0.321. The Kier molecular flexibility index (Phi) is 3.71. The molecule has 2 aliphatic rings. The van der Waals surface area contributed by atoms with E-state index in [4.69, 9.17) is 4.42 Å². The molecule has 3 atom stereocenters. The molecule has 1 N–H and O–H groups in total. The number of hydrogen-bond donors (Lipinski definition) is 1. The second-order valence-corrected chi connectivity index (χ2v) is 5.90. The fourth-order valence-corrected chi connectivity index (χ4v) is 3.59. The van der Waals surface area contributed by atoms with Crippen molar-refractivity contribution in [3.63, 3.8) is 0 Å². The molecule has 2 heterocycles. The fourth-order valence-electron chi connectivity index (χ4n) is 3.59. The van der Waals surface area contributed by atoms with E-state index in [9.17, 15) is 0 Å². The maximum Gasteiger partial charge on any atom is 0.120 e. The number of furan rings is 1. The van der Waals surface area contributed by atoms with Crippen LogP contribution < -0.4 is 5.32 Å². The summed E-state index contributed by atoms with van der Waals surface area (Å²) in [5.74, 6) is 3.05. The Hall–Kier alpha value is -0.800. The Morgan fingerprint density at radius 3 is 2.83 bits per heavy atom. The summed E-state index contributed by atoms with van der Waals surface area (Å²) < 4.78 is 5.40. The molecule has 18 heavy (non-hydrogen) atoms. The molecule has 1 aliphatic carbocycles. The molecule has 3 heteroatoms. The van der Waals surface area contributed by atoms with E-state index in [0.717, 1.165) is 24.1 Å². The van der Waals surface area contributed by atoms with Gasteiger partial charge in [-0.25, -0.2) is 0 Å². The first-order valence-corrected chi connectivity index (χ1v) is 7.32. The molecular formula is C15H24N2O. The molecule has 2 fully saturated rings. The third-order valence-electron chi connectivity index (χ3n) is 4.65. The third-order valence-corrected chi connectivity index (χ3v) is 4.65. The average molecular weight is 248 g/mol. The molecule has 3 rings (SSSR count). The zero-order valence-corrected chi connectivity index (χ0v) is 11.3. The fraction of sp³-hybridized carbons (Fsp3) is 0.733. The van der Waals surface area contributed by atoms with Crippen LogP contribution >= 0.6 is 0 Å². The minimum Gasteiger partial charge on any atom is -0.468 e. The van der Waals surface area contributed by atoms with Gasteiger partial charge in [0.25, 0.3) is 0 Å². The van der Waals surface area contributed by atoms with E-state index in [0.29, 0.717) is 6.04 Å². The smallest absolute Gasteiger partial charge is 0.120 e. The molecule has 1 aliphatic heterocycles. The first-order valence-electron chi connectivity index (χ1n) is 7.32. The molecule has 1 saturated carbocycles. The quantitative estimate of drug-likeness (QED) is 0.868. The molecular weight excluding hydrogens is 224 g/mol. The SMILES string of the molecule is CC(NCCN1CC2CCCC2C1)c1ccco1. The average Bonchev–Trinajstić information content (AvgIpc) is 3.05. The second kappa shape index (κ2) is 5.45. The van der Waals surface area contributed by atoms with E-state index in [1.165, 1.54) is 38.9 Å². The number of rotatable bonds is 5. The topological polar surface area (TPSA) is 28.4 Å². The van der Waals surface area contributed by atoms with Crippen molar-refractivity contribution in [2.75, 3.05) is 26.2 Å². The first kappa shape index (κ1) is 12.2. The van der Waals surface area contributed by atoms with Crippen LogP contribution in [0, 0.1) is 11.8 Å². The highest BCUT2D eigenvalue weighted by Gasteiger charge is 2.35. The molecule has 0 amide bonds. The molecule has 100 valence electrons. The van der Waals surface area contributed by atoms with Crippen molar-refractivity contribution in [2.24, 2.45) is 11.8 Å². The van der Waals surface area contributed by atoms with Gasteiger partial charge in [-0.3, -0.25) is 0 Å². The predicted octanol–water partition coefficient (Wildman–Crippen LogP) is 2.66. The molecule has 1 aromatic rings. The molecule has 0 bridgehead atoms. The van der Waals surface area contributed by atoms with E-state index in [1.807, 2.05) is 12.1 Å². The Morgan fingerprint density at radius 1 is 1.39 bits per heavy atom. The van der Waals surface area contributed by atoms with Crippen molar-refractivity contribution in [2.45, 2.75) is 32.2 Å². The maximum atomic E-state index is 5.40. The molecule has 3 unspecified atom stereocenters. The van der Waals surface area contributed by atoms with Gasteiger partial charge in [0.1, 0.15) is 5.76 Å². The zero-order chi connectivity index (χ0) is 12.4. The van der Waals surface area contributed by atoms with Crippen molar-refractivity contribution in [1.29, 1.82) is 0 Å². The van der Waals surface area contributed by atoms with E-state index in [2.05, 4.69) is 17.1 Å². The monoisotopic (exact) mass is 248 g/mol. The van der Waals surface area contributed by atoms with Crippen LogP contribution in [-0.4, -0.2) is 31.1 Å². The highest BCUT2D eigenvalue weighted by molar-refractivity contribution is 5.02. The summed E-state index contributed by atoms with van der Waals surface area (Å²) in [6.45, 7) is 7.07. The van der Waals surface area contributed by atoms with Crippen molar-refractivity contribution >= 4 is 0 Å². The molecule has 0 aromatic carbocycles. The van der Waals surface area contributed by atoms with Crippen molar-refractivity contribution in [1.82, 2.24) is 10.2 Å². The predicted molar refractivity (Wildman–Crippen MR) is 72.4 cm³/mol. The Balaban J connectivity index is 1.38. The van der Waals surface area contributed by atoms with Crippen LogP contribution in [0.3, 0.4) is 0 Å². The maximum absolute atomic E-state index is 5.40. The van der Waals surface area contributed by atoms with E-state index in [-0.39, 0.29) is 0 Å². The third kappa shape index (κ3) is 2.62. The van der Waals surface area contributed by atoms with Gasteiger partial charge in [0.15, 0.2) is 0 Å². The standard InChI is InChI=1S/C15H24N2O/c1-12(15-6-3-9-18-15)16-7-8-17-10-13-4-2-5-14(13)11-17/h3,6,9,12-14,16H,2,4-5,7-8,10-11H2,1H3. The van der Waals surface area contributed by atoms with Crippen LogP contribution in [-0.2, 0) is 0 Å². The van der Waals surface area contributed by atoms with Crippen LogP contribution in [0.25, 0.3) is 0 Å². The van der Waals surface area contributed by atoms with Gasteiger partial charge in [0.05, 0.1) is 12.3 Å². The summed E-state index contributed by atoms with van der Waals surface area (Å²) in [5, 5.41) is 3.54. The highest BCUT2D eigenvalue weighted by atomic mass is 16.3.